The number of halogens is 3. The Morgan fingerprint density at radius 3 is 2.46 bits per heavy atom. The lowest BCUT2D eigenvalue weighted by atomic mass is 10.0. The molecule has 2 N–H and O–H groups in total. The minimum absolute atomic E-state index is 0.0362. The van der Waals surface area contributed by atoms with Gasteiger partial charge in [0.25, 0.3) is 5.91 Å². The van der Waals surface area contributed by atoms with Gasteiger partial charge in [-0.05, 0) is 50.4 Å². The monoisotopic (exact) mass is 544 g/mol. The van der Waals surface area contributed by atoms with E-state index in [9.17, 15) is 22.8 Å². The van der Waals surface area contributed by atoms with Crippen molar-refractivity contribution in [3.05, 3.63) is 48.0 Å². The van der Waals surface area contributed by atoms with Gasteiger partial charge in [-0.3, -0.25) is 14.5 Å². The van der Waals surface area contributed by atoms with E-state index < -0.39 is 17.6 Å². The zero-order valence-electron chi connectivity index (χ0n) is 21.6. The smallest absolute Gasteiger partial charge is 0.364 e. The number of carbonyl (C=O) groups excluding carboxylic acids is 2. The second-order valence-corrected chi connectivity index (χ2v) is 10.2. The van der Waals surface area contributed by atoms with Crippen LogP contribution in [0.3, 0.4) is 0 Å². The Hall–Kier alpha value is -3.74. The number of nitrogens with two attached hydrogens (primary N) is 1. The number of likely N-dealkylation sites (tertiary alicyclic amines) is 1. The number of likely N-dealkylation sites (N-methyl/N-ethyl adjacent to an activating group) is 1. The zero-order valence-corrected chi connectivity index (χ0v) is 21.6. The van der Waals surface area contributed by atoms with Crippen molar-refractivity contribution in [2.45, 2.75) is 50.5 Å². The maximum absolute atomic E-state index is 13.2. The maximum atomic E-state index is 13.2. The first-order valence-electron chi connectivity index (χ1n) is 13.0. The van der Waals surface area contributed by atoms with Crippen molar-refractivity contribution >= 4 is 28.8 Å². The summed E-state index contributed by atoms with van der Waals surface area (Å²) in [6, 6.07) is 5.60. The normalized spacial score (nSPS) is 19.1. The molecule has 10 nitrogen and oxygen atoms in total. The molecule has 0 bridgehead atoms. The Morgan fingerprint density at radius 1 is 1.08 bits per heavy atom. The molecule has 3 aromatic rings. The number of rotatable bonds is 7. The Morgan fingerprint density at radius 2 is 1.79 bits per heavy atom. The standard InChI is InChI=1S/C26H31F3N8O2/c1-34(19-7-11-35(12-8-19)25-31-13-18(14-32-25)26(27,28)29)22(38)16-36-9-2-3-20(36)15-37-10-6-17-4-5-21(23(30)39)33-24(17)37/h4-6,10,13-14,19-20H,2-3,7-9,11-12,15-16H2,1H3,(H2,30,39). The number of hydrogen-bond donors (Lipinski definition) is 1. The van der Waals surface area contributed by atoms with Crippen LogP contribution in [0.15, 0.2) is 36.8 Å². The summed E-state index contributed by atoms with van der Waals surface area (Å²) >= 11 is 0. The molecule has 0 aliphatic carbocycles. The molecular formula is C26H31F3N8O2. The predicted molar refractivity (Wildman–Crippen MR) is 138 cm³/mol. The topological polar surface area (TPSA) is 113 Å². The number of hydrogen-bond acceptors (Lipinski definition) is 7. The molecule has 5 rings (SSSR count). The second-order valence-electron chi connectivity index (χ2n) is 10.2. The Labute approximate surface area is 223 Å². The van der Waals surface area contributed by atoms with Crippen molar-refractivity contribution < 1.29 is 22.8 Å². The van der Waals surface area contributed by atoms with Crippen LogP contribution in [0.4, 0.5) is 19.1 Å². The fourth-order valence-electron chi connectivity index (χ4n) is 5.45. The lowest BCUT2D eigenvalue weighted by Gasteiger charge is -2.37. The van der Waals surface area contributed by atoms with Crippen LogP contribution in [-0.2, 0) is 17.5 Å². The summed E-state index contributed by atoms with van der Waals surface area (Å²) in [5.74, 6) is -0.263. The number of pyridine rings is 1. The van der Waals surface area contributed by atoms with E-state index >= 15 is 0 Å². The summed E-state index contributed by atoms with van der Waals surface area (Å²) < 4.78 is 40.4. The van der Waals surface area contributed by atoms with Gasteiger partial charge in [0.05, 0.1) is 12.1 Å². The predicted octanol–water partition coefficient (Wildman–Crippen LogP) is 2.54. The summed E-state index contributed by atoms with van der Waals surface area (Å²) in [6.07, 6.45) is 2.40. The van der Waals surface area contributed by atoms with E-state index in [0.717, 1.165) is 37.2 Å². The number of primary amides is 1. The quantitative estimate of drug-likeness (QED) is 0.486. The van der Waals surface area contributed by atoms with Crippen LogP contribution in [0.25, 0.3) is 11.0 Å². The van der Waals surface area contributed by atoms with Crippen LogP contribution >= 0.6 is 0 Å². The van der Waals surface area contributed by atoms with Gasteiger partial charge in [-0.1, -0.05) is 0 Å². The fourth-order valence-corrected chi connectivity index (χ4v) is 5.45. The van der Waals surface area contributed by atoms with Gasteiger partial charge in [0, 0.05) is 62.7 Å². The van der Waals surface area contributed by atoms with Gasteiger partial charge in [-0.2, -0.15) is 13.2 Å². The van der Waals surface area contributed by atoms with E-state index in [4.69, 9.17) is 5.73 Å². The third kappa shape index (κ3) is 5.82. The molecule has 0 radical (unpaired) electrons. The summed E-state index contributed by atoms with van der Waals surface area (Å²) in [4.78, 5) is 42.9. The van der Waals surface area contributed by atoms with E-state index in [2.05, 4.69) is 19.9 Å². The molecule has 0 spiro atoms. The van der Waals surface area contributed by atoms with Gasteiger partial charge in [0.1, 0.15) is 11.3 Å². The Bertz CT molecular complexity index is 1340. The number of aromatic nitrogens is 4. The Balaban J connectivity index is 1.16. The van der Waals surface area contributed by atoms with Crippen LogP contribution in [0.1, 0.15) is 41.7 Å². The van der Waals surface area contributed by atoms with E-state index in [-0.39, 0.29) is 29.6 Å². The lowest BCUT2D eigenvalue weighted by molar-refractivity contribution is -0.138. The molecule has 2 fully saturated rings. The van der Waals surface area contributed by atoms with Crippen LogP contribution < -0.4 is 10.6 Å². The third-order valence-electron chi connectivity index (χ3n) is 7.76. The second kappa shape index (κ2) is 10.8. The minimum Gasteiger partial charge on any atom is -0.364 e. The highest BCUT2D eigenvalue weighted by molar-refractivity contribution is 5.93. The van der Waals surface area contributed by atoms with E-state index in [0.29, 0.717) is 44.7 Å². The van der Waals surface area contributed by atoms with Crippen molar-refractivity contribution in [1.82, 2.24) is 29.3 Å². The first-order chi connectivity index (χ1) is 18.6. The number of carbonyl (C=O) groups is 2. The summed E-state index contributed by atoms with van der Waals surface area (Å²) in [5.41, 5.74) is 5.45. The fraction of sp³-hybridized carbons (Fsp3) is 0.500. The minimum atomic E-state index is -4.47. The van der Waals surface area contributed by atoms with Gasteiger partial charge in [-0.25, -0.2) is 15.0 Å². The SMILES string of the molecule is CN(C(=O)CN1CCCC1Cn1ccc2ccc(C(N)=O)nc21)C1CCN(c2ncc(C(F)(F)F)cn2)CC1. The third-order valence-corrected chi connectivity index (χ3v) is 7.76. The maximum Gasteiger partial charge on any atom is 0.419 e. The molecule has 0 saturated carbocycles. The van der Waals surface area contributed by atoms with Crippen molar-refractivity contribution in [2.24, 2.45) is 5.73 Å². The molecular weight excluding hydrogens is 513 g/mol. The van der Waals surface area contributed by atoms with Gasteiger partial charge in [0.15, 0.2) is 0 Å². The molecule has 1 unspecified atom stereocenters. The van der Waals surface area contributed by atoms with E-state index in [1.54, 1.807) is 11.0 Å². The van der Waals surface area contributed by atoms with Gasteiger partial charge in [-0.15, -0.1) is 0 Å². The van der Waals surface area contributed by atoms with E-state index in [1.165, 1.54) is 0 Å². The van der Waals surface area contributed by atoms with Crippen LogP contribution in [0.5, 0.6) is 0 Å². The lowest BCUT2D eigenvalue weighted by Crippen LogP contribution is -2.49. The van der Waals surface area contributed by atoms with Crippen LogP contribution in [0, 0.1) is 0 Å². The molecule has 1 atom stereocenters. The summed E-state index contributed by atoms with van der Waals surface area (Å²) in [5, 5.41) is 0.924. The number of fused-ring (bicyclic) bond motifs is 1. The molecule has 2 saturated heterocycles. The van der Waals surface area contributed by atoms with Crippen LogP contribution in [-0.4, -0.2) is 86.4 Å². The van der Waals surface area contributed by atoms with Crippen molar-refractivity contribution in [1.29, 1.82) is 0 Å². The number of nitrogens with zero attached hydrogens (tertiary/aromatic N) is 7. The molecule has 0 aromatic carbocycles. The summed E-state index contributed by atoms with van der Waals surface area (Å²) in [6.45, 7) is 2.90. The average molecular weight is 545 g/mol. The highest BCUT2D eigenvalue weighted by Crippen LogP contribution is 2.29. The molecule has 208 valence electrons. The van der Waals surface area contributed by atoms with Crippen LogP contribution in [0.2, 0.25) is 0 Å². The molecule has 39 heavy (non-hydrogen) atoms. The first kappa shape index (κ1) is 26.9. The average Bonchev–Trinajstić information content (AvgIpc) is 3.54. The highest BCUT2D eigenvalue weighted by Gasteiger charge is 2.33. The van der Waals surface area contributed by atoms with Gasteiger partial charge in [0.2, 0.25) is 11.9 Å². The first-order valence-corrected chi connectivity index (χ1v) is 13.0. The molecule has 5 heterocycles. The number of piperidine rings is 1. The molecule has 2 aliphatic heterocycles. The summed E-state index contributed by atoms with van der Waals surface area (Å²) in [7, 11) is 1.82. The number of amides is 2. The Kier molecular flexibility index (Phi) is 7.43. The van der Waals surface area contributed by atoms with Crippen molar-refractivity contribution in [2.75, 3.05) is 38.1 Å². The molecule has 13 heteroatoms. The van der Waals surface area contributed by atoms with E-state index in [1.807, 2.05) is 34.8 Å². The number of alkyl halides is 3. The van der Waals surface area contributed by atoms with Crippen molar-refractivity contribution in [3.8, 4) is 0 Å². The number of anilines is 1. The molecule has 2 amide bonds. The largest absolute Gasteiger partial charge is 0.419 e. The van der Waals surface area contributed by atoms with Gasteiger partial charge >= 0.3 is 6.18 Å². The van der Waals surface area contributed by atoms with Gasteiger partial charge < -0.3 is 20.1 Å². The zero-order chi connectivity index (χ0) is 27.7. The molecule has 3 aromatic heterocycles. The molecule has 2 aliphatic rings. The van der Waals surface area contributed by atoms with Crippen molar-refractivity contribution in [3.63, 3.8) is 0 Å². The highest BCUT2D eigenvalue weighted by atomic mass is 19.4.